The van der Waals surface area contributed by atoms with Crippen LogP contribution >= 0.6 is 0 Å². The van der Waals surface area contributed by atoms with E-state index in [0.717, 1.165) is 12.8 Å². The minimum Gasteiger partial charge on any atom is -0.497 e. The average molecular weight is 252 g/mol. The normalized spacial score (nSPS) is 10.6. The van der Waals surface area contributed by atoms with Crippen molar-refractivity contribution in [3.8, 4) is 11.5 Å². The molecule has 0 atom stereocenters. The van der Waals surface area contributed by atoms with Gasteiger partial charge in [0.15, 0.2) is 0 Å². The van der Waals surface area contributed by atoms with Gasteiger partial charge in [-0.15, -0.1) is 0 Å². The molecule has 5 heteroatoms. The van der Waals surface area contributed by atoms with Crippen molar-refractivity contribution in [1.82, 2.24) is 0 Å². The first-order chi connectivity index (χ1) is 8.54. The van der Waals surface area contributed by atoms with Crippen molar-refractivity contribution in [3.63, 3.8) is 0 Å². The number of rotatable bonds is 7. The van der Waals surface area contributed by atoms with Crippen LogP contribution in [0.15, 0.2) is 18.2 Å². The van der Waals surface area contributed by atoms with Gasteiger partial charge in [-0.25, -0.2) is 0 Å². The molecule has 4 nitrogen and oxygen atoms in total. The van der Waals surface area contributed by atoms with E-state index in [1.54, 1.807) is 18.2 Å². The molecule has 0 radical (unpaired) electrons. The van der Waals surface area contributed by atoms with Crippen LogP contribution in [0.4, 0.5) is 0 Å². The topological polar surface area (TPSA) is 58.9 Å². The minimum atomic E-state index is -1.56. The van der Waals surface area contributed by atoms with Gasteiger partial charge in [-0.2, -0.15) is 0 Å². The van der Waals surface area contributed by atoms with Gasteiger partial charge in [0.05, 0.1) is 13.7 Å². The zero-order valence-corrected chi connectivity index (χ0v) is 11.2. The van der Waals surface area contributed by atoms with Crippen molar-refractivity contribution in [3.05, 3.63) is 18.2 Å². The molecule has 1 rings (SSSR count). The van der Waals surface area contributed by atoms with Crippen LogP contribution in [0, 0.1) is 5.92 Å². The summed E-state index contributed by atoms with van der Waals surface area (Å²) in [5.74, 6) is 1.72. The lowest BCUT2D eigenvalue weighted by molar-refractivity contribution is 0.297. The lowest BCUT2D eigenvalue weighted by atomic mass is 9.79. The minimum absolute atomic E-state index is 0.332. The Balaban J connectivity index is 2.63. The van der Waals surface area contributed by atoms with Crippen molar-refractivity contribution in [2.45, 2.75) is 26.7 Å². The number of hydrogen-bond donors (Lipinski definition) is 2. The molecule has 18 heavy (non-hydrogen) atoms. The SMILES string of the molecule is COc1ccc(OCCCC(C)C)c(B(O)O)c1. The zero-order valence-electron chi connectivity index (χ0n) is 11.2. The third kappa shape index (κ3) is 4.59. The second-order valence-corrected chi connectivity index (χ2v) is 4.66. The summed E-state index contributed by atoms with van der Waals surface area (Å²) in [5.41, 5.74) is 0.332. The van der Waals surface area contributed by atoms with Crippen LogP contribution < -0.4 is 14.9 Å². The molecule has 0 aliphatic carbocycles. The number of hydrogen-bond acceptors (Lipinski definition) is 4. The third-order valence-corrected chi connectivity index (χ3v) is 2.68. The molecule has 0 saturated heterocycles. The summed E-state index contributed by atoms with van der Waals surface area (Å²) in [5, 5.41) is 18.6. The van der Waals surface area contributed by atoms with E-state index < -0.39 is 7.12 Å². The molecule has 0 heterocycles. The smallest absolute Gasteiger partial charge is 0.492 e. The van der Waals surface area contributed by atoms with Gasteiger partial charge in [-0.05, 0) is 37.0 Å². The molecule has 2 N–H and O–H groups in total. The molecule has 0 spiro atoms. The Labute approximate surface area is 109 Å². The fourth-order valence-corrected chi connectivity index (χ4v) is 1.66. The highest BCUT2D eigenvalue weighted by molar-refractivity contribution is 6.59. The van der Waals surface area contributed by atoms with E-state index in [2.05, 4.69) is 13.8 Å². The fraction of sp³-hybridized carbons (Fsp3) is 0.538. The van der Waals surface area contributed by atoms with E-state index in [1.807, 2.05) is 0 Å². The van der Waals surface area contributed by atoms with Gasteiger partial charge in [0.1, 0.15) is 11.5 Å². The van der Waals surface area contributed by atoms with E-state index in [-0.39, 0.29) is 0 Å². The van der Waals surface area contributed by atoms with Crippen LogP contribution in [0.5, 0.6) is 11.5 Å². The third-order valence-electron chi connectivity index (χ3n) is 2.68. The highest BCUT2D eigenvalue weighted by Crippen LogP contribution is 2.16. The molecule has 0 saturated carbocycles. The molecule has 0 aromatic heterocycles. The second kappa shape index (κ2) is 7.29. The van der Waals surface area contributed by atoms with Gasteiger partial charge in [0, 0.05) is 5.46 Å². The molecular weight excluding hydrogens is 231 g/mol. The molecule has 0 aliphatic rings. The fourth-order valence-electron chi connectivity index (χ4n) is 1.66. The maximum atomic E-state index is 9.29. The van der Waals surface area contributed by atoms with E-state index in [4.69, 9.17) is 9.47 Å². The molecule has 0 aliphatic heterocycles. The Morgan fingerprint density at radius 2 is 2.00 bits per heavy atom. The summed E-state index contributed by atoms with van der Waals surface area (Å²) < 4.78 is 10.6. The molecule has 0 bridgehead atoms. The predicted molar refractivity (Wildman–Crippen MR) is 72.4 cm³/mol. The largest absolute Gasteiger partial charge is 0.497 e. The second-order valence-electron chi connectivity index (χ2n) is 4.66. The molecule has 0 fully saturated rings. The summed E-state index contributed by atoms with van der Waals surface area (Å²) in [7, 11) is -0.0216. The van der Waals surface area contributed by atoms with E-state index in [1.165, 1.54) is 7.11 Å². The molecule has 0 unspecified atom stereocenters. The highest BCUT2D eigenvalue weighted by Gasteiger charge is 2.18. The maximum Gasteiger partial charge on any atom is 0.492 e. The summed E-state index contributed by atoms with van der Waals surface area (Å²) in [4.78, 5) is 0. The zero-order chi connectivity index (χ0) is 13.5. The van der Waals surface area contributed by atoms with Crippen molar-refractivity contribution in [1.29, 1.82) is 0 Å². The molecule has 0 amide bonds. The lowest BCUT2D eigenvalue weighted by Crippen LogP contribution is -2.31. The Bertz CT molecular complexity index is 366. The Kier molecular flexibility index (Phi) is 6.02. The molecule has 100 valence electrons. The predicted octanol–water partition coefficient (Wildman–Crippen LogP) is 1.19. The lowest BCUT2D eigenvalue weighted by Gasteiger charge is -2.13. The first kappa shape index (κ1) is 14.9. The van der Waals surface area contributed by atoms with Gasteiger partial charge in [0.25, 0.3) is 0 Å². The molecule has 1 aromatic rings. The van der Waals surface area contributed by atoms with Crippen LogP contribution in [-0.2, 0) is 0 Å². The highest BCUT2D eigenvalue weighted by atomic mass is 16.5. The monoisotopic (exact) mass is 252 g/mol. The van der Waals surface area contributed by atoms with Gasteiger partial charge < -0.3 is 19.5 Å². The Morgan fingerprint density at radius 1 is 1.28 bits per heavy atom. The van der Waals surface area contributed by atoms with Gasteiger partial charge in [-0.3, -0.25) is 0 Å². The Hall–Kier alpha value is -1.20. The number of ether oxygens (including phenoxy) is 2. The van der Waals surface area contributed by atoms with Crippen molar-refractivity contribution in [2.75, 3.05) is 13.7 Å². The van der Waals surface area contributed by atoms with Crippen LogP contribution in [0.1, 0.15) is 26.7 Å². The van der Waals surface area contributed by atoms with Crippen LogP contribution in [-0.4, -0.2) is 30.9 Å². The quantitative estimate of drug-likeness (QED) is 0.565. The summed E-state index contributed by atoms with van der Waals surface area (Å²) in [6, 6.07) is 5.01. The summed E-state index contributed by atoms with van der Waals surface area (Å²) >= 11 is 0. The van der Waals surface area contributed by atoms with Gasteiger partial charge in [0.2, 0.25) is 0 Å². The van der Waals surface area contributed by atoms with Crippen molar-refractivity contribution in [2.24, 2.45) is 5.92 Å². The molecular formula is C13H21BO4. The number of methoxy groups -OCH3 is 1. The van der Waals surface area contributed by atoms with Crippen LogP contribution in [0.25, 0.3) is 0 Å². The van der Waals surface area contributed by atoms with Crippen molar-refractivity contribution >= 4 is 12.6 Å². The maximum absolute atomic E-state index is 9.29. The number of benzene rings is 1. The average Bonchev–Trinajstić information content (AvgIpc) is 2.34. The summed E-state index contributed by atoms with van der Waals surface area (Å²) in [6.45, 7) is 4.90. The van der Waals surface area contributed by atoms with Gasteiger partial charge in [-0.1, -0.05) is 13.8 Å². The van der Waals surface area contributed by atoms with Crippen LogP contribution in [0.2, 0.25) is 0 Å². The standard InChI is InChI=1S/C13H21BO4/c1-10(2)5-4-8-18-13-7-6-11(17-3)9-12(13)14(15)16/h6-7,9-10,15-16H,4-5,8H2,1-3H3. The van der Waals surface area contributed by atoms with Gasteiger partial charge >= 0.3 is 7.12 Å². The van der Waals surface area contributed by atoms with E-state index in [0.29, 0.717) is 29.5 Å². The first-order valence-electron chi connectivity index (χ1n) is 6.21. The van der Waals surface area contributed by atoms with Crippen LogP contribution in [0.3, 0.4) is 0 Å². The summed E-state index contributed by atoms with van der Waals surface area (Å²) in [6.07, 6.45) is 2.04. The van der Waals surface area contributed by atoms with E-state index >= 15 is 0 Å². The van der Waals surface area contributed by atoms with Crippen molar-refractivity contribution < 1.29 is 19.5 Å². The van der Waals surface area contributed by atoms with E-state index in [9.17, 15) is 10.0 Å². The molecule has 1 aromatic carbocycles. The first-order valence-corrected chi connectivity index (χ1v) is 6.21. The Morgan fingerprint density at radius 3 is 2.56 bits per heavy atom.